The molecule has 0 N–H and O–H groups in total. The van der Waals surface area contributed by atoms with Crippen LogP contribution in [-0.2, 0) is 0 Å². The van der Waals surface area contributed by atoms with Crippen LogP contribution in [0.1, 0.15) is 5.56 Å². The molecule has 0 spiro atoms. The van der Waals surface area contributed by atoms with E-state index in [1.807, 2.05) is 12.1 Å². The summed E-state index contributed by atoms with van der Waals surface area (Å²) in [5, 5.41) is 5.47. The number of benzene rings is 1. The summed E-state index contributed by atoms with van der Waals surface area (Å²) in [5.41, 5.74) is 1.21. The van der Waals surface area contributed by atoms with Crippen molar-refractivity contribution in [3.05, 3.63) is 47.4 Å². The van der Waals surface area contributed by atoms with Crippen molar-refractivity contribution in [2.45, 2.75) is 16.8 Å². The van der Waals surface area contributed by atoms with Crippen molar-refractivity contribution >= 4 is 29.1 Å². The summed E-state index contributed by atoms with van der Waals surface area (Å²) in [6.45, 7) is 2.07. The van der Waals surface area contributed by atoms with Gasteiger partial charge in [-0.3, -0.25) is 0 Å². The van der Waals surface area contributed by atoms with Crippen molar-refractivity contribution in [1.29, 1.82) is 0 Å². The molecule has 90 valence electrons. The number of aromatic nitrogens is 4. The first-order chi connectivity index (χ1) is 8.74. The van der Waals surface area contributed by atoms with E-state index >= 15 is 0 Å². The Kier molecular flexibility index (Phi) is 2.93. The van der Waals surface area contributed by atoms with E-state index in [0.29, 0.717) is 10.9 Å². The van der Waals surface area contributed by atoms with Gasteiger partial charge in [-0.05, 0) is 18.6 Å². The number of fused-ring (bicyclic) bond motifs is 1. The first kappa shape index (κ1) is 11.5. The highest BCUT2D eigenvalue weighted by molar-refractivity contribution is 7.99. The number of hydrogen-bond donors (Lipinski definition) is 0. The second-order valence-electron chi connectivity index (χ2n) is 3.76. The van der Waals surface area contributed by atoms with Crippen LogP contribution >= 0.6 is 23.4 Å². The van der Waals surface area contributed by atoms with Crippen molar-refractivity contribution in [1.82, 2.24) is 19.6 Å². The molecule has 2 heterocycles. The average molecular weight is 277 g/mol. The Morgan fingerprint density at radius 2 is 2.11 bits per heavy atom. The second-order valence-corrected chi connectivity index (χ2v) is 5.21. The van der Waals surface area contributed by atoms with E-state index in [1.54, 1.807) is 22.3 Å². The zero-order valence-electron chi connectivity index (χ0n) is 9.54. The first-order valence-electron chi connectivity index (χ1n) is 5.34. The molecule has 0 aliphatic heterocycles. The van der Waals surface area contributed by atoms with Crippen molar-refractivity contribution in [2.24, 2.45) is 0 Å². The Hall–Kier alpha value is -1.59. The van der Waals surface area contributed by atoms with Gasteiger partial charge in [0.15, 0.2) is 0 Å². The Morgan fingerprint density at radius 1 is 1.28 bits per heavy atom. The van der Waals surface area contributed by atoms with Crippen LogP contribution in [0.2, 0.25) is 5.15 Å². The van der Waals surface area contributed by atoms with Crippen LogP contribution in [0.25, 0.3) is 5.78 Å². The van der Waals surface area contributed by atoms with E-state index in [1.165, 1.54) is 11.9 Å². The van der Waals surface area contributed by atoms with Gasteiger partial charge < -0.3 is 0 Å². The molecule has 2 aromatic heterocycles. The average Bonchev–Trinajstić information content (AvgIpc) is 2.80. The molecule has 0 atom stereocenters. The van der Waals surface area contributed by atoms with Gasteiger partial charge in [0.2, 0.25) is 0 Å². The Bertz CT molecular complexity index is 710. The van der Waals surface area contributed by atoms with Crippen LogP contribution in [0, 0.1) is 6.92 Å². The maximum Gasteiger partial charge on any atom is 0.254 e. The van der Waals surface area contributed by atoms with Crippen LogP contribution in [0.4, 0.5) is 0 Å². The number of rotatable bonds is 2. The number of hydrogen-bond acceptors (Lipinski definition) is 4. The quantitative estimate of drug-likeness (QED) is 0.674. The van der Waals surface area contributed by atoms with Gasteiger partial charge in [0.25, 0.3) is 5.78 Å². The molecular weight excluding hydrogens is 268 g/mol. The molecule has 3 aromatic rings. The molecule has 18 heavy (non-hydrogen) atoms. The molecule has 3 rings (SSSR count). The van der Waals surface area contributed by atoms with Gasteiger partial charge in [-0.2, -0.15) is 19.6 Å². The Labute approximate surface area is 113 Å². The van der Waals surface area contributed by atoms with E-state index in [2.05, 4.69) is 34.1 Å². The predicted molar refractivity (Wildman–Crippen MR) is 71.1 cm³/mol. The molecule has 4 nitrogen and oxygen atoms in total. The molecule has 1 aromatic carbocycles. The zero-order valence-corrected chi connectivity index (χ0v) is 11.1. The smallest absolute Gasteiger partial charge is 0.199 e. The third kappa shape index (κ3) is 2.07. The standard InChI is InChI=1S/C12H9ClN4S/c1-8-4-2-3-5-9(8)18-11-6-10(13)16-12-14-7-15-17(11)12/h2-7H,1H3. The molecular formula is C12H9ClN4S. The highest BCUT2D eigenvalue weighted by Crippen LogP contribution is 2.30. The zero-order chi connectivity index (χ0) is 12.5. The summed E-state index contributed by atoms with van der Waals surface area (Å²) in [4.78, 5) is 9.31. The van der Waals surface area contributed by atoms with Crippen molar-refractivity contribution in [3.8, 4) is 0 Å². The molecule has 0 radical (unpaired) electrons. The van der Waals surface area contributed by atoms with Gasteiger partial charge in [0.05, 0.1) is 0 Å². The number of nitrogens with zero attached hydrogens (tertiary/aromatic N) is 4. The van der Waals surface area contributed by atoms with Crippen LogP contribution < -0.4 is 0 Å². The summed E-state index contributed by atoms with van der Waals surface area (Å²) >= 11 is 7.58. The highest BCUT2D eigenvalue weighted by Gasteiger charge is 2.09. The fourth-order valence-electron chi connectivity index (χ4n) is 1.61. The van der Waals surface area contributed by atoms with Crippen LogP contribution in [0.15, 0.2) is 46.6 Å². The number of halogens is 1. The SMILES string of the molecule is Cc1ccccc1Sc1cc(Cl)nc2ncnn12. The predicted octanol–water partition coefficient (Wildman–Crippen LogP) is 3.24. The van der Waals surface area contributed by atoms with Crippen molar-refractivity contribution in [3.63, 3.8) is 0 Å². The summed E-state index contributed by atoms with van der Waals surface area (Å²) in [6.07, 6.45) is 1.47. The maximum absolute atomic E-state index is 5.98. The molecule has 0 aliphatic carbocycles. The minimum absolute atomic E-state index is 0.423. The Balaban J connectivity index is 2.10. The second kappa shape index (κ2) is 4.59. The molecule has 6 heteroatoms. The van der Waals surface area contributed by atoms with Crippen LogP contribution in [-0.4, -0.2) is 19.6 Å². The Morgan fingerprint density at radius 3 is 2.94 bits per heavy atom. The van der Waals surface area contributed by atoms with E-state index in [9.17, 15) is 0 Å². The fraction of sp³-hybridized carbons (Fsp3) is 0.0833. The monoisotopic (exact) mass is 276 g/mol. The molecule has 0 unspecified atom stereocenters. The van der Waals surface area contributed by atoms with Crippen LogP contribution in [0.5, 0.6) is 0 Å². The fourth-order valence-corrected chi connectivity index (χ4v) is 2.84. The van der Waals surface area contributed by atoms with Crippen LogP contribution in [0.3, 0.4) is 0 Å². The first-order valence-corrected chi connectivity index (χ1v) is 6.53. The molecule has 0 aliphatic rings. The lowest BCUT2D eigenvalue weighted by Gasteiger charge is -2.06. The summed E-state index contributed by atoms with van der Waals surface area (Å²) in [7, 11) is 0. The molecule has 0 bridgehead atoms. The summed E-state index contributed by atoms with van der Waals surface area (Å²) in [6, 6.07) is 9.96. The van der Waals surface area contributed by atoms with Gasteiger partial charge >= 0.3 is 0 Å². The summed E-state index contributed by atoms with van der Waals surface area (Å²) in [5.74, 6) is 0.513. The minimum atomic E-state index is 0.423. The molecule has 0 saturated carbocycles. The lowest BCUT2D eigenvalue weighted by atomic mass is 10.2. The van der Waals surface area contributed by atoms with Gasteiger partial charge in [-0.15, -0.1) is 0 Å². The summed E-state index contributed by atoms with van der Waals surface area (Å²) < 4.78 is 1.68. The van der Waals surface area contributed by atoms with E-state index < -0.39 is 0 Å². The molecule has 0 saturated heterocycles. The normalized spacial score (nSPS) is 11.0. The van der Waals surface area contributed by atoms with Crippen molar-refractivity contribution in [2.75, 3.05) is 0 Å². The third-order valence-corrected chi connectivity index (χ3v) is 3.87. The molecule has 0 amide bonds. The van der Waals surface area contributed by atoms with E-state index in [0.717, 1.165) is 9.92 Å². The van der Waals surface area contributed by atoms with Gasteiger partial charge in [0, 0.05) is 11.0 Å². The third-order valence-electron chi connectivity index (χ3n) is 2.50. The van der Waals surface area contributed by atoms with Gasteiger partial charge in [-0.25, -0.2) is 0 Å². The lowest BCUT2D eigenvalue weighted by Crippen LogP contribution is -1.95. The highest BCUT2D eigenvalue weighted by atomic mass is 35.5. The van der Waals surface area contributed by atoms with Gasteiger partial charge in [0.1, 0.15) is 16.5 Å². The van der Waals surface area contributed by atoms with E-state index in [4.69, 9.17) is 11.6 Å². The minimum Gasteiger partial charge on any atom is -0.199 e. The van der Waals surface area contributed by atoms with Gasteiger partial charge in [-0.1, -0.05) is 41.6 Å². The van der Waals surface area contributed by atoms with E-state index in [-0.39, 0.29) is 0 Å². The largest absolute Gasteiger partial charge is 0.254 e. The maximum atomic E-state index is 5.98. The molecule has 0 fully saturated rings. The van der Waals surface area contributed by atoms with Crippen molar-refractivity contribution < 1.29 is 0 Å². The lowest BCUT2D eigenvalue weighted by molar-refractivity contribution is 0.842. The topological polar surface area (TPSA) is 43.1 Å². The number of aryl methyl sites for hydroxylation is 1.